The van der Waals surface area contributed by atoms with E-state index in [1.807, 2.05) is 0 Å². The van der Waals surface area contributed by atoms with Crippen molar-refractivity contribution in [3.63, 3.8) is 0 Å². The molecule has 1 aromatic carbocycles. The summed E-state index contributed by atoms with van der Waals surface area (Å²) in [6, 6.07) is 2.86. The molecular weight excluding hydrogens is 502 g/mol. The number of carbonyl (C=O) groups is 1. The van der Waals surface area contributed by atoms with Gasteiger partial charge in [0.15, 0.2) is 5.75 Å². The third kappa shape index (κ3) is 5.46. The van der Waals surface area contributed by atoms with Gasteiger partial charge in [-0.2, -0.15) is 26.3 Å². The molecule has 2 saturated carbocycles. The zero-order valence-corrected chi connectivity index (χ0v) is 20.2. The molecule has 1 amide bonds. The van der Waals surface area contributed by atoms with Crippen molar-refractivity contribution in [2.24, 2.45) is 11.8 Å². The summed E-state index contributed by atoms with van der Waals surface area (Å²) in [5, 5.41) is 2.88. The fourth-order valence-corrected chi connectivity index (χ4v) is 5.76. The van der Waals surface area contributed by atoms with Crippen molar-refractivity contribution in [3.05, 3.63) is 41.1 Å². The molecule has 2 aromatic rings. The second-order valence-electron chi connectivity index (χ2n) is 10.2. The van der Waals surface area contributed by atoms with E-state index >= 15 is 0 Å². The van der Waals surface area contributed by atoms with Crippen LogP contribution in [0.25, 0.3) is 11.3 Å². The first-order chi connectivity index (χ1) is 17.4. The lowest BCUT2D eigenvalue weighted by atomic mass is 10.0. The molecule has 1 N–H and O–H groups in total. The summed E-state index contributed by atoms with van der Waals surface area (Å²) in [5.74, 6) is 0.959. The third-order valence-corrected chi connectivity index (χ3v) is 7.76. The molecule has 1 aliphatic heterocycles. The topological polar surface area (TPSA) is 52.5 Å². The van der Waals surface area contributed by atoms with E-state index in [1.54, 1.807) is 11.5 Å². The molecule has 1 unspecified atom stereocenters. The molecule has 3 fully saturated rings. The van der Waals surface area contributed by atoms with Crippen LogP contribution < -0.4 is 10.1 Å². The molecule has 2 heterocycles. The molecule has 1 saturated heterocycles. The number of aromatic nitrogens is 1. The zero-order valence-electron chi connectivity index (χ0n) is 20.2. The Morgan fingerprint density at radius 2 is 1.59 bits per heavy atom. The number of ether oxygens (including phenoxy) is 2. The van der Waals surface area contributed by atoms with Crippen molar-refractivity contribution in [2.75, 3.05) is 6.61 Å². The molecule has 1 aromatic heterocycles. The molecule has 2 aliphatic carbocycles. The third-order valence-electron chi connectivity index (χ3n) is 7.76. The van der Waals surface area contributed by atoms with Crippen molar-refractivity contribution < 1.29 is 40.6 Å². The zero-order chi connectivity index (χ0) is 26.5. The summed E-state index contributed by atoms with van der Waals surface area (Å²) in [5.41, 5.74) is -2.58. The van der Waals surface area contributed by atoms with Gasteiger partial charge in [0, 0.05) is 25.3 Å². The highest BCUT2D eigenvalue weighted by Crippen LogP contribution is 2.49. The van der Waals surface area contributed by atoms with Gasteiger partial charge in [0.25, 0.3) is 0 Å². The Kier molecular flexibility index (Phi) is 6.70. The summed E-state index contributed by atoms with van der Waals surface area (Å²) >= 11 is 0. The molecule has 202 valence electrons. The van der Waals surface area contributed by atoms with Crippen LogP contribution in [0.4, 0.5) is 31.1 Å². The number of carbonyl (C=O) groups excluding carboxylic acids is 1. The summed E-state index contributed by atoms with van der Waals surface area (Å²) in [7, 11) is 0. The maximum absolute atomic E-state index is 13.5. The molecule has 0 radical (unpaired) electrons. The van der Waals surface area contributed by atoms with E-state index in [-0.39, 0.29) is 41.8 Å². The van der Waals surface area contributed by atoms with Crippen molar-refractivity contribution in [1.82, 2.24) is 9.88 Å². The Hall–Kier alpha value is -2.69. The van der Waals surface area contributed by atoms with Crippen LogP contribution in [0.2, 0.25) is 0 Å². The minimum atomic E-state index is -4.97. The van der Waals surface area contributed by atoms with Crippen molar-refractivity contribution in [1.29, 1.82) is 0 Å². The predicted molar refractivity (Wildman–Crippen MR) is 122 cm³/mol. The average Bonchev–Trinajstić information content (AvgIpc) is 3.13. The van der Waals surface area contributed by atoms with Gasteiger partial charge in [0.05, 0.1) is 28.6 Å². The van der Waals surface area contributed by atoms with E-state index in [0.29, 0.717) is 42.7 Å². The van der Waals surface area contributed by atoms with E-state index < -0.39 is 29.6 Å². The molecule has 3 aliphatic rings. The van der Waals surface area contributed by atoms with Gasteiger partial charge < -0.3 is 19.4 Å². The van der Waals surface area contributed by atoms with E-state index in [1.165, 1.54) is 6.07 Å². The van der Waals surface area contributed by atoms with Crippen LogP contribution in [0.5, 0.6) is 5.75 Å². The summed E-state index contributed by atoms with van der Waals surface area (Å²) < 4.78 is 93.9. The molecule has 5 rings (SSSR count). The Balaban J connectivity index is 1.48. The number of nitrogens with zero attached hydrogens (tertiary/aromatic N) is 1. The van der Waals surface area contributed by atoms with Crippen LogP contribution in [0.3, 0.4) is 0 Å². The number of alkyl halides is 6. The molecule has 11 heteroatoms. The number of amides is 1. The van der Waals surface area contributed by atoms with Gasteiger partial charge in [-0.15, -0.1) is 0 Å². The Morgan fingerprint density at radius 3 is 2.14 bits per heavy atom. The van der Waals surface area contributed by atoms with Gasteiger partial charge in [-0.25, -0.2) is 4.79 Å². The van der Waals surface area contributed by atoms with Crippen molar-refractivity contribution in [3.8, 4) is 17.0 Å². The fourth-order valence-electron chi connectivity index (χ4n) is 5.76. The summed E-state index contributed by atoms with van der Waals surface area (Å²) in [6.07, 6.45) is -5.03. The smallest absolute Gasteiger partial charge is 0.408 e. The number of halogens is 6. The molecule has 5 nitrogen and oxygen atoms in total. The molecule has 4 atom stereocenters. The maximum atomic E-state index is 13.5. The van der Waals surface area contributed by atoms with E-state index in [9.17, 15) is 31.1 Å². The van der Waals surface area contributed by atoms with Gasteiger partial charge in [0.2, 0.25) is 0 Å². The number of rotatable bonds is 5. The first kappa shape index (κ1) is 25.9. The van der Waals surface area contributed by atoms with Crippen molar-refractivity contribution in [2.45, 2.75) is 76.5 Å². The first-order valence-electron chi connectivity index (χ1n) is 12.5. The fraction of sp³-hybridized carbons (Fsp3) is 0.577. The average molecular weight is 531 g/mol. The first-order valence-corrected chi connectivity index (χ1v) is 12.5. The molecule has 0 bridgehead atoms. The lowest BCUT2D eigenvalue weighted by Gasteiger charge is -2.18. The van der Waals surface area contributed by atoms with Gasteiger partial charge in [-0.05, 0) is 68.2 Å². The monoisotopic (exact) mass is 530 g/mol. The standard InChI is InChI=1S/C26H28F6N2O3/c1-14-22(37-24(35)33-23-19-6-2-3-7-20(19)23)12-21(34(14)13-18-5-4-8-36-18)15-9-16(25(27,28)29)11-17(10-15)26(30,31)32/h9-12,18-20,23H,2-8,13H2,1H3,(H,33,35)/t18-,19-,20+,23?/m1/s1. The second-order valence-corrected chi connectivity index (χ2v) is 10.2. The minimum Gasteiger partial charge on any atom is -0.408 e. The minimum absolute atomic E-state index is 0.0431. The van der Waals surface area contributed by atoms with Crippen LogP contribution in [-0.4, -0.2) is 29.4 Å². The number of benzene rings is 1. The van der Waals surface area contributed by atoms with Crippen LogP contribution in [0, 0.1) is 18.8 Å². The normalized spacial score (nSPS) is 25.6. The largest absolute Gasteiger partial charge is 0.416 e. The van der Waals surface area contributed by atoms with Crippen molar-refractivity contribution >= 4 is 6.09 Å². The van der Waals surface area contributed by atoms with E-state index in [0.717, 1.165) is 32.1 Å². The molecular formula is C26H28F6N2O3. The molecule has 37 heavy (non-hydrogen) atoms. The molecule has 0 spiro atoms. The Morgan fingerprint density at radius 1 is 0.973 bits per heavy atom. The lowest BCUT2D eigenvalue weighted by molar-refractivity contribution is -0.143. The lowest BCUT2D eigenvalue weighted by Crippen LogP contribution is -2.30. The second kappa shape index (κ2) is 9.56. The van der Waals surface area contributed by atoms with Gasteiger partial charge in [-0.3, -0.25) is 0 Å². The number of nitrogens with one attached hydrogen (secondary N) is 1. The Labute approximate surface area is 210 Å². The van der Waals surface area contributed by atoms with E-state index in [2.05, 4.69) is 5.32 Å². The van der Waals surface area contributed by atoms with E-state index in [4.69, 9.17) is 9.47 Å². The number of hydrogen-bond acceptors (Lipinski definition) is 3. The highest BCUT2D eigenvalue weighted by molar-refractivity contribution is 5.74. The highest BCUT2D eigenvalue weighted by atomic mass is 19.4. The quantitative estimate of drug-likeness (QED) is 0.426. The van der Waals surface area contributed by atoms with Gasteiger partial charge in [-0.1, -0.05) is 12.8 Å². The van der Waals surface area contributed by atoms with Crippen LogP contribution in [0.1, 0.15) is 55.3 Å². The highest BCUT2D eigenvalue weighted by Gasteiger charge is 2.51. The number of hydrogen-bond donors (Lipinski definition) is 1. The SMILES string of the molecule is Cc1c(OC(=O)NC2[C@H]3CCCC[C@@H]23)cc(-c2cc(C(F)(F)F)cc(C(F)(F)F)c2)n1C[C@H]1CCCO1. The van der Waals surface area contributed by atoms with Crippen LogP contribution in [-0.2, 0) is 23.6 Å². The Bertz CT molecular complexity index is 1120. The summed E-state index contributed by atoms with van der Waals surface area (Å²) in [6.45, 7) is 2.35. The summed E-state index contributed by atoms with van der Waals surface area (Å²) in [4.78, 5) is 12.7. The van der Waals surface area contributed by atoms with Crippen LogP contribution in [0.15, 0.2) is 24.3 Å². The maximum Gasteiger partial charge on any atom is 0.416 e. The number of fused-ring (bicyclic) bond motifs is 1. The predicted octanol–water partition coefficient (Wildman–Crippen LogP) is 6.96. The van der Waals surface area contributed by atoms with Gasteiger partial charge >= 0.3 is 18.4 Å². The van der Waals surface area contributed by atoms with Gasteiger partial charge in [0.1, 0.15) is 0 Å². The van der Waals surface area contributed by atoms with Crippen LogP contribution >= 0.6 is 0 Å².